The molecule has 1 aromatic heterocycles. The van der Waals surface area contributed by atoms with Gasteiger partial charge in [-0.25, -0.2) is 0 Å². The van der Waals surface area contributed by atoms with Gasteiger partial charge >= 0.3 is 0 Å². The van der Waals surface area contributed by atoms with Gasteiger partial charge in [0, 0.05) is 31.4 Å². The molecular weight excluding hydrogens is 198 g/mol. The molecule has 1 aliphatic heterocycles. The Hall–Kier alpha value is -1.09. The first-order valence-electron chi connectivity index (χ1n) is 6.14. The van der Waals surface area contributed by atoms with Crippen molar-refractivity contribution in [2.75, 3.05) is 18.0 Å². The van der Waals surface area contributed by atoms with Crippen molar-refractivity contribution in [2.24, 2.45) is 0 Å². The van der Waals surface area contributed by atoms with Gasteiger partial charge in [0.1, 0.15) is 0 Å². The maximum absolute atomic E-state index is 4.38. The summed E-state index contributed by atoms with van der Waals surface area (Å²) in [6.07, 6.45) is 3.05. The van der Waals surface area contributed by atoms with Crippen LogP contribution < -0.4 is 10.2 Å². The van der Waals surface area contributed by atoms with E-state index in [0.717, 1.165) is 18.8 Å². The zero-order valence-electron chi connectivity index (χ0n) is 10.4. The fourth-order valence-corrected chi connectivity index (χ4v) is 2.32. The quantitative estimate of drug-likeness (QED) is 0.824. The first-order chi connectivity index (χ1) is 7.72. The highest BCUT2D eigenvalue weighted by atomic mass is 15.2. The normalized spacial score (nSPS) is 25.8. The van der Waals surface area contributed by atoms with Gasteiger partial charge in [-0.2, -0.15) is 0 Å². The van der Waals surface area contributed by atoms with Crippen molar-refractivity contribution in [2.45, 2.75) is 39.3 Å². The fourth-order valence-electron chi connectivity index (χ4n) is 2.32. The third-order valence-corrected chi connectivity index (χ3v) is 3.43. The van der Waals surface area contributed by atoms with Crippen LogP contribution in [0.15, 0.2) is 18.3 Å². The SMILES string of the molecule is CCC1CN(c2cccnc2C)C(C)CN1. The van der Waals surface area contributed by atoms with Crippen molar-refractivity contribution in [3.05, 3.63) is 24.0 Å². The molecule has 16 heavy (non-hydrogen) atoms. The average Bonchev–Trinajstić information content (AvgIpc) is 2.31. The largest absolute Gasteiger partial charge is 0.365 e. The second-order valence-electron chi connectivity index (χ2n) is 4.62. The summed E-state index contributed by atoms with van der Waals surface area (Å²) in [5.41, 5.74) is 2.42. The highest BCUT2D eigenvalue weighted by Crippen LogP contribution is 2.22. The molecule has 0 spiro atoms. The summed E-state index contributed by atoms with van der Waals surface area (Å²) in [7, 11) is 0. The number of piperazine rings is 1. The smallest absolute Gasteiger partial charge is 0.0605 e. The molecular formula is C13H21N3. The second kappa shape index (κ2) is 4.83. The van der Waals surface area contributed by atoms with Crippen molar-refractivity contribution >= 4 is 5.69 Å². The number of nitrogens with one attached hydrogen (secondary N) is 1. The predicted octanol–water partition coefficient (Wildman–Crippen LogP) is 1.97. The van der Waals surface area contributed by atoms with Gasteiger partial charge in [-0.3, -0.25) is 4.98 Å². The number of hydrogen-bond acceptors (Lipinski definition) is 3. The van der Waals surface area contributed by atoms with Crippen LogP contribution in [-0.2, 0) is 0 Å². The van der Waals surface area contributed by atoms with E-state index in [-0.39, 0.29) is 0 Å². The molecule has 1 aliphatic rings. The van der Waals surface area contributed by atoms with Gasteiger partial charge in [-0.1, -0.05) is 6.92 Å². The maximum Gasteiger partial charge on any atom is 0.0605 e. The van der Waals surface area contributed by atoms with Crippen LogP contribution in [0.25, 0.3) is 0 Å². The van der Waals surface area contributed by atoms with Gasteiger partial charge in [0.25, 0.3) is 0 Å². The number of anilines is 1. The minimum Gasteiger partial charge on any atom is -0.365 e. The summed E-state index contributed by atoms with van der Waals surface area (Å²) in [6.45, 7) is 8.75. The first kappa shape index (κ1) is 11.4. The third kappa shape index (κ3) is 2.19. The molecule has 3 heteroatoms. The number of rotatable bonds is 2. The van der Waals surface area contributed by atoms with E-state index in [1.54, 1.807) is 0 Å². The minimum atomic E-state index is 0.547. The van der Waals surface area contributed by atoms with Crippen LogP contribution in [0.2, 0.25) is 0 Å². The lowest BCUT2D eigenvalue weighted by molar-refractivity contribution is 0.397. The Balaban J connectivity index is 2.21. The topological polar surface area (TPSA) is 28.2 Å². The summed E-state index contributed by atoms with van der Waals surface area (Å²) in [5.74, 6) is 0. The number of aryl methyl sites for hydroxylation is 1. The van der Waals surface area contributed by atoms with E-state index in [1.807, 2.05) is 12.3 Å². The van der Waals surface area contributed by atoms with E-state index in [4.69, 9.17) is 0 Å². The van der Waals surface area contributed by atoms with E-state index >= 15 is 0 Å². The van der Waals surface area contributed by atoms with Crippen LogP contribution in [0.4, 0.5) is 5.69 Å². The lowest BCUT2D eigenvalue weighted by atomic mass is 10.1. The molecule has 0 amide bonds. The lowest BCUT2D eigenvalue weighted by Gasteiger charge is -2.40. The van der Waals surface area contributed by atoms with E-state index in [1.165, 1.54) is 12.1 Å². The number of aromatic nitrogens is 1. The van der Waals surface area contributed by atoms with E-state index < -0.39 is 0 Å². The molecule has 88 valence electrons. The van der Waals surface area contributed by atoms with Crippen LogP contribution in [0, 0.1) is 6.92 Å². The predicted molar refractivity (Wildman–Crippen MR) is 67.9 cm³/mol. The molecule has 0 aromatic carbocycles. The van der Waals surface area contributed by atoms with Crippen molar-refractivity contribution in [1.29, 1.82) is 0 Å². The molecule has 2 unspecified atom stereocenters. The molecule has 0 bridgehead atoms. The van der Waals surface area contributed by atoms with Crippen LogP contribution in [0.1, 0.15) is 26.0 Å². The van der Waals surface area contributed by atoms with Gasteiger partial charge in [0.05, 0.1) is 11.4 Å². The third-order valence-electron chi connectivity index (χ3n) is 3.43. The molecule has 1 fully saturated rings. The summed E-state index contributed by atoms with van der Waals surface area (Å²) in [6, 6.07) is 5.36. The number of hydrogen-bond donors (Lipinski definition) is 1. The van der Waals surface area contributed by atoms with Crippen molar-refractivity contribution in [1.82, 2.24) is 10.3 Å². The van der Waals surface area contributed by atoms with Gasteiger partial charge in [0.2, 0.25) is 0 Å². The van der Waals surface area contributed by atoms with Gasteiger partial charge in [0.15, 0.2) is 0 Å². The highest BCUT2D eigenvalue weighted by molar-refractivity contribution is 5.51. The lowest BCUT2D eigenvalue weighted by Crippen LogP contribution is -2.55. The Kier molecular flexibility index (Phi) is 3.44. The average molecular weight is 219 g/mol. The molecule has 1 N–H and O–H groups in total. The van der Waals surface area contributed by atoms with Crippen molar-refractivity contribution in [3.63, 3.8) is 0 Å². The zero-order chi connectivity index (χ0) is 11.5. The molecule has 2 atom stereocenters. The molecule has 1 aromatic rings. The summed E-state index contributed by atoms with van der Waals surface area (Å²) >= 11 is 0. The summed E-state index contributed by atoms with van der Waals surface area (Å²) < 4.78 is 0. The molecule has 0 aliphatic carbocycles. The summed E-state index contributed by atoms with van der Waals surface area (Å²) in [5, 5.41) is 3.58. The highest BCUT2D eigenvalue weighted by Gasteiger charge is 2.24. The van der Waals surface area contributed by atoms with E-state index in [2.05, 4.69) is 42.0 Å². The maximum atomic E-state index is 4.38. The number of pyridine rings is 1. The van der Waals surface area contributed by atoms with Gasteiger partial charge in [-0.15, -0.1) is 0 Å². The van der Waals surface area contributed by atoms with E-state index in [0.29, 0.717) is 12.1 Å². The molecule has 2 heterocycles. The zero-order valence-corrected chi connectivity index (χ0v) is 10.4. The Morgan fingerprint density at radius 1 is 1.56 bits per heavy atom. The molecule has 0 saturated carbocycles. The molecule has 3 nitrogen and oxygen atoms in total. The molecule has 0 radical (unpaired) electrons. The molecule has 2 rings (SSSR count). The Morgan fingerprint density at radius 2 is 2.38 bits per heavy atom. The first-order valence-corrected chi connectivity index (χ1v) is 6.14. The van der Waals surface area contributed by atoms with E-state index in [9.17, 15) is 0 Å². The van der Waals surface area contributed by atoms with Gasteiger partial charge < -0.3 is 10.2 Å². The fraction of sp³-hybridized carbons (Fsp3) is 0.615. The monoisotopic (exact) mass is 219 g/mol. The second-order valence-corrected chi connectivity index (χ2v) is 4.62. The Morgan fingerprint density at radius 3 is 3.06 bits per heavy atom. The molecule has 1 saturated heterocycles. The van der Waals surface area contributed by atoms with Gasteiger partial charge in [-0.05, 0) is 32.4 Å². The van der Waals surface area contributed by atoms with Crippen LogP contribution in [-0.4, -0.2) is 30.2 Å². The van der Waals surface area contributed by atoms with Crippen LogP contribution in [0.3, 0.4) is 0 Å². The summed E-state index contributed by atoms with van der Waals surface area (Å²) in [4.78, 5) is 6.86. The minimum absolute atomic E-state index is 0.547. The Bertz CT molecular complexity index is 351. The van der Waals surface area contributed by atoms with Crippen LogP contribution in [0.5, 0.6) is 0 Å². The van der Waals surface area contributed by atoms with Crippen LogP contribution >= 0.6 is 0 Å². The van der Waals surface area contributed by atoms with Crippen molar-refractivity contribution in [3.8, 4) is 0 Å². The Labute approximate surface area is 97.9 Å². The van der Waals surface area contributed by atoms with Crippen molar-refractivity contribution < 1.29 is 0 Å². The number of nitrogens with zero attached hydrogens (tertiary/aromatic N) is 2. The standard InChI is InChI=1S/C13H21N3/c1-4-12-9-16(10(2)8-15-12)13-6-5-7-14-11(13)3/h5-7,10,12,15H,4,8-9H2,1-3H3.